The summed E-state index contributed by atoms with van der Waals surface area (Å²) in [5, 5.41) is 12.3. The van der Waals surface area contributed by atoms with Crippen LogP contribution in [0, 0.1) is 0 Å². The minimum absolute atomic E-state index is 0.00568. The van der Waals surface area contributed by atoms with Gasteiger partial charge in [0, 0.05) is 31.5 Å². The number of nitrogens with one attached hydrogen (secondary N) is 1. The largest absolute Gasteiger partial charge is 0.504 e. The van der Waals surface area contributed by atoms with Crippen LogP contribution in [0.25, 0.3) is 6.08 Å². The van der Waals surface area contributed by atoms with E-state index in [0.717, 1.165) is 5.69 Å². The summed E-state index contributed by atoms with van der Waals surface area (Å²) in [6.07, 6.45) is 1.76. The van der Waals surface area contributed by atoms with Gasteiger partial charge in [-0.05, 0) is 55.0 Å². The highest BCUT2D eigenvalue weighted by Crippen LogP contribution is 2.26. The Morgan fingerprint density at radius 2 is 1.82 bits per heavy atom. The smallest absolute Gasteiger partial charge is 0.331 e. The molecule has 0 aliphatic heterocycles. The molecule has 0 aromatic heterocycles. The molecule has 0 aliphatic carbocycles. The summed E-state index contributed by atoms with van der Waals surface area (Å²) in [6, 6.07) is 12.0. The van der Waals surface area contributed by atoms with E-state index >= 15 is 0 Å². The number of methoxy groups -OCH3 is 1. The number of aromatic hydroxyl groups is 1. The number of anilines is 2. The zero-order chi connectivity index (χ0) is 20.7. The Bertz CT molecular complexity index is 860. The third-order valence-electron chi connectivity index (χ3n) is 3.93. The Kier molecular flexibility index (Phi) is 7.03. The molecular weight excluding hydrogens is 360 g/mol. The van der Waals surface area contributed by atoms with E-state index in [-0.39, 0.29) is 5.75 Å². The zero-order valence-electron chi connectivity index (χ0n) is 16.3. The second-order valence-electron chi connectivity index (χ2n) is 6.27. The molecule has 0 bridgehead atoms. The van der Waals surface area contributed by atoms with Crippen LogP contribution in [0.15, 0.2) is 48.5 Å². The average molecular weight is 384 g/mol. The molecule has 0 fully saturated rings. The lowest BCUT2D eigenvalue weighted by Crippen LogP contribution is -2.29. The lowest BCUT2D eigenvalue weighted by molar-refractivity contribution is -0.148. The Balaban J connectivity index is 1.91. The van der Waals surface area contributed by atoms with Crippen LogP contribution in [0.4, 0.5) is 11.4 Å². The Hall–Kier alpha value is -3.48. The van der Waals surface area contributed by atoms with Gasteiger partial charge in [0.05, 0.1) is 7.11 Å². The first-order chi connectivity index (χ1) is 13.3. The number of nitrogens with zero attached hydrogens (tertiary/aromatic N) is 1. The molecular formula is C21H24N2O5. The molecule has 0 aliphatic rings. The van der Waals surface area contributed by atoms with Crippen molar-refractivity contribution in [3.8, 4) is 11.5 Å². The molecule has 7 nitrogen and oxygen atoms in total. The maximum Gasteiger partial charge on any atom is 0.331 e. The van der Waals surface area contributed by atoms with Crippen molar-refractivity contribution in [1.29, 1.82) is 0 Å². The molecule has 2 aromatic rings. The zero-order valence-corrected chi connectivity index (χ0v) is 16.3. The van der Waals surface area contributed by atoms with Crippen molar-refractivity contribution >= 4 is 29.3 Å². The Morgan fingerprint density at radius 3 is 2.43 bits per heavy atom. The van der Waals surface area contributed by atoms with Crippen LogP contribution in [0.5, 0.6) is 11.5 Å². The summed E-state index contributed by atoms with van der Waals surface area (Å²) in [5.74, 6) is -0.780. The van der Waals surface area contributed by atoms with E-state index in [1.165, 1.54) is 32.3 Å². The highest BCUT2D eigenvalue weighted by atomic mass is 16.5. The molecule has 0 saturated heterocycles. The van der Waals surface area contributed by atoms with Crippen LogP contribution < -0.4 is 15.0 Å². The molecule has 0 spiro atoms. The van der Waals surface area contributed by atoms with Crippen molar-refractivity contribution in [3.63, 3.8) is 0 Å². The van der Waals surface area contributed by atoms with Gasteiger partial charge in [-0.15, -0.1) is 0 Å². The Labute approximate surface area is 164 Å². The number of amides is 1. The van der Waals surface area contributed by atoms with Crippen molar-refractivity contribution < 1.29 is 24.2 Å². The molecule has 1 amide bonds. The highest BCUT2D eigenvalue weighted by Gasteiger charge is 2.16. The molecule has 0 unspecified atom stereocenters. The number of rotatable bonds is 7. The number of esters is 1. The van der Waals surface area contributed by atoms with Gasteiger partial charge >= 0.3 is 5.97 Å². The van der Waals surface area contributed by atoms with Gasteiger partial charge in [-0.2, -0.15) is 0 Å². The number of phenols is 1. The topological polar surface area (TPSA) is 88.1 Å². The van der Waals surface area contributed by atoms with Gasteiger partial charge in [0.15, 0.2) is 17.6 Å². The van der Waals surface area contributed by atoms with Crippen LogP contribution in [0.2, 0.25) is 0 Å². The monoisotopic (exact) mass is 384 g/mol. The maximum atomic E-state index is 12.2. The van der Waals surface area contributed by atoms with Crippen LogP contribution in [0.3, 0.4) is 0 Å². The lowest BCUT2D eigenvalue weighted by atomic mass is 10.2. The molecule has 2 N–H and O–H groups in total. The average Bonchev–Trinajstić information content (AvgIpc) is 2.67. The van der Waals surface area contributed by atoms with Crippen molar-refractivity contribution in [3.05, 3.63) is 54.1 Å². The molecule has 1 atom stereocenters. The number of hydrogen-bond donors (Lipinski definition) is 2. The van der Waals surface area contributed by atoms with Crippen LogP contribution in [-0.2, 0) is 14.3 Å². The number of benzene rings is 2. The molecule has 0 heterocycles. The third kappa shape index (κ3) is 5.77. The van der Waals surface area contributed by atoms with E-state index in [9.17, 15) is 14.7 Å². The maximum absolute atomic E-state index is 12.2. The third-order valence-corrected chi connectivity index (χ3v) is 3.93. The predicted molar refractivity (Wildman–Crippen MR) is 109 cm³/mol. The van der Waals surface area contributed by atoms with Gasteiger partial charge in [-0.25, -0.2) is 4.79 Å². The van der Waals surface area contributed by atoms with Gasteiger partial charge in [0.1, 0.15) is 0 Å². The van der Waals surface area contributed by atoms with E-state index in [2.05, 4.69) is 5.32 Å². The van der Waals surface area contributed by atoms with E-state index in [0.29, 0.717) is 17.0 Å². The van der Waals surface area contributed by atoms with Gasteiger partial charge in [-0.3, -0.25) is 4.79 Å². The van der Waals surface area contributed by atoms with Gasteiger partial charge < -0.3 is 24.8 Å². The number of ether oxygens (including phenoxy) is 2. The van der Waals surface area contributed by atoms with Crippen molar-refractivity contribution in [2.24, 2.45) is 0 Å². The van der Waals surface area contributed by atoms with Crippen LogP contribution in [-0.4, -0.2) is 44.3 Å². The molecule has 2 rings (SSSR count). The second kappa shape index (κ2) is 9.45. The summed E-state index contributed by atoms with van der Waals surface area (Å²) in [5.41, 5.74) is 2.27. The first kappa shape index (κ1) is 20.8. The van der Waals surface area contributed by atoms with E-state index in [1.807, 2.05) is 31.1 Å². The van der Waals surface area contributed by atoms with Gasteiger partial charge in [-0.1, -0.05) is 6.07 Å². The number of hydrogen-bond acceptors (Lipinski definition) is 6. The SMILES string of the molecule is COc1cc(/C=C/C(=O)O[C@H](C)C(=O)Nc2ccc(N(C)C)cc2)ccc1O. The summed E-state index contributed by atoms with van der Waals surface area (Å²) >= 11 is 0. The van der Waals surface area contributed by atoms with Crippen LogP contribution >= 0.6 is 0 Å². The van der Waals surface area contributed by atoms with Crippen molar-refractivity contribution in [2.45, 2.75) is 13.0 Å². The minimum atomic E-state index is -0.958. The number of carbonyl (C=O) groups excluding carboxylic acids is 2. The highest BCUT2D eigenvalue weighted by molar-refractivity contribution is 5.96. The molecule has 2 aromatic carbocycles. The number of phenolic OH excluding ortho intramolecular Hbond substituents is 1. The minimum Gasteiger partial charge on any atom is -0.504 e. The molecule has 0 radical (unpaired) electrons. The summed E-state index contributed by atoms with van der Waals surface area (Å²) in [6.45, 7) is 1.50. The normalized spacial score (nSPS) is 11.7. The molecule has 7 heteroatoms. The van der Waals surface area contributed by atoms with Crippen LogP contribution in [0.1, 0.15) is 12.5 Å². The summed E-state index contributed by atoms with van der Waals surface area (Å²) < 4.78 is 10.1. The van der Waals surface area contributed by atoms with E-state index in [4.69, 9.17) is 9.47 Å². The second-order valence-corrected chi connectivity index (χ2v) is 6.27. The van der Waals surface area contributed by atoms with Crippen molar-refractivity contribution in [1.82, 2.24) is 0 Å². The fourth-order valence-electron chi connectivity index (χ4n) is 2.32. The number of carbonyl (C=O) groups is 2. The first-order valence-electron chi connectivity index (χ1n) is 8.64. The Morgan fingerprint density at radius 1 is 1.14 bits per heavy atom. The standard InChI is InChI=1S/C21H24N2O5/c1-14(21(26)22-16-7-9-17(10-8-16)23(2)3)28-20(25)12-6-15-5-11-18(24)19(13-15)27-4/h5-14,24H,1-4H3,(H,22,26)/b12-6+/t14-/m1/s1. The van der Waals surface area contributed by atoms with E-state index in [1.54, 1.807) is 24.3 Å². The predicted octanol–water partition coefficient (Wildman–Crippen LogP) is 3.05. The molecule has 148 valence electrons. The quantitative estimate of drug-likeness (QED) is 0.564. The van der Waals surface area contributed by atoms with Crippen molar-refractivity contribution in [2.75, 3.05) is 31.4 Å². The summed E-state index contributed by atoms with van der Waals surface area (Å²) in [4.78, 5) is 26.1. The molecule has 0 saturated carbocycles. The lowest BCUT2D eigenvalue weighted by Gasteiger charge is -2.15. The van der Waals surface area contributed by atoms with Gasteiger partial charge in [0.2, 0.25) is 0 Å². The fraction of sp³-hybridized carbons (Fsp3) is 0.238. The van der Waals surface area contributed by atoms with E-state index < -0.39 is 18.0 Å². The molecule has 28 heavy (non-hydrogen) atoms. The summed E-state index contributed by atoms with van der Waals surface area (Å²) in [7, 11) is 5.29. The van der Waals surface area contributed by atoms with Gasteiger partial charge in [0.25, 0.3) is 5.91 Å². The fourth-order valence-corrected chi connectivity index (χ4v) is 2.32. The first-order valence-corrected chi connectivity index (χ1v) is 8.64.